The number of thioether (sulfide) groups is 1. The highest BCUT2D eigenvalue weighted by molar-refractivity contribution is 7.98. The first-order chi connectivity index (χ1) is 27.3. The van der Waals surface area contributed by atoms with E-state index in [9.17, 15) is 0 Å². The van der Waals surface area contributed by atoms with Crippen molar-refractivity contribution in [1.82, 2.24) is 14.1 Å². The third kappa shape index (κ3) is 5.01. The summed E-state index contributed by atoms with van der Waals surface area (Å²) in [5, 5.41) is 9.03. The molecule has 1 aliphatic heterocycles. The molecule has 5 heteroatoms. The number of para-hydroxylation sites is 4. The van der Waals surface area contributed by atoms with Gasteiger partial charge < -0.3 is 4.57 Å². The van der Waals surface area contributed by atoms with Crippen molar-refractivity contribution in [3.8, 4) is 22.5 Å². The maximum atomic E-state index is 4.94. The fraction of sp³-hybridized carbons (Fsp3) is 0.0200. The Morgan fingerprint density at radius 3 is 1.71 bits per heavy atom. The average molecular weight is 738 g/mol. The van der Waals surface area contributed by atoms with Crippen LogP contribution in [-0.4, -0.2) is 22.2 Å². The van der Waals surface area contributed by atoms with Gasteiger partial charge in [0.2, 0.25) is 0 Å². The zero-order chi connectivity index (χ0) is 36.3. The van der Waals surface area contributed by atoms with Crippen molar-refractivity contribution in [3.05, 3.63) is 206 Å². The van der Waals surface area contributed by atoms with Crippen molar-refractivity contribution in [3.63, 3.8) is 0 Å². The van der Waals surface area contributed by atoms with E-state index in [1.807, 2.05) is 11.8 Å². The highest BCUT2D eigenvalue weighted by Crippen LogP contribution is 2.39. The highest BCUT2D eigenvalue weighted by Gasteiger charge is 2.42. The molecule has 8 aromatic carbocycles. The molecule has 0 spiro atoms. The van der Waals surface area contributed by atoms with Gasteiger partial charge in [0, 0.05) is 22.2 Å². The Labute approximate surface area is 325 Å². The van der Waals surface area contributed by atoms with Gasteiger partial charge in [-0.3, -0.25) is 4.57 Å². The number of hydrogen-bond donors (Lipinski definition) is 0. The zero-order valence-corrected chi connectivity index (χ0v) is 31.8. The van der Waals surface area contributed by atoms with E-state index in [2.05, 4.69) is 209 Å². The first-order valence-corrected chi connectivity index (χ1v) is 21.8. The van der Waals surface area contributed by atoms with E-state index in [1.165, 1.54) is 70.6 Å². The Morgan fingerprint density at radius 1 is 0.436 bits per heavy atom. The molecule has 0 amide bonds. The highest BCUT2D eigenvalue weighted by atomic mass is 32.2. The van der Waals surface area contributed by atoms with E-state index in [-0.39, 0.29) is 0 Å². The van der Waals surface area contributed by atoms with Crippen LogP contribution in [0.2, 0.25) is 0 Å². The van der Waals surface area contributed by atoms with Crippen LogP contribution in [0, 0.1) is 0 Å². The van der Waals surface area contributed by atoms with Crippen LogP contribution in [-0.2, 0) is 5.75 Å². The molecule has 1 aliphatic rings. The fourth-order valence-electron chi connectivity index (χ4n) is 8.96. The maximum absolute atomic E-state index is 4.94. The van der Waals surface area contributed by atoms with E-state index >= 15 is 0 Å². The van der Waals surface area contributed by atoms with Crippen molar-refractivity contribution in [1.29, 1.82) is 0 Å². The maximum Gasteiger partial charge on any atom is 0.179 e. The molecule has 55 heavy (non-hydrogen) atoms. The van der Waals surface area contributed by atoms with Crippen molar-refractivity contribution < 1.29 is 0 Å². The predicted molar refractivity (Wildman–Crippen MR) is 234 cm³/mol. The monoisotopic (exact) mass is 737 g/mol. The summed E-state index contributed by atoms with van der Waals surface area (Å²) >= 11 is 1.82. The van der Waals surface area contributed by atoms with Crippen LogP contribution in [0.15, 0.2) is 205 Å². The first-order valence-electron chi connectivity index (χ1n) is 18.8. The van der Waals surface area contributed by atoms with Gasteiger partial charge in [0.05, 0.1) is 27.8 Å². The SMILES string of the molecule is c1ccc([Si](c2ccccc2)(c2cccc(-c3ccc4c(c3)CSc3nc5ccccc5n3-4)c2)c2cccc(-n3c4ccccc4c4ccccc43)c2)cc1. The normalized spacial score (nSPS) is 12.6. The van der Waals surface area contributed by atoms with Crippen molar-refractivity contribution in [2.45, 2.75) is 10.9 Å². The quantitative estimate of drug-likeness (QED) is 0.125. The number of nitrogens with zero attached hydrogens (tertiary/aromatic N) is 3. The molecule has 11 rings (SSSR count). The van der Waals surface area contributed by atoms with Gasteiger partial charge in [-0.2, -0.15) is 0 Å². The molecular weight excluding hydrogens is 703 g/mol. The standard InChI is InChI=1S/C50H35N3SSi/c1-3-17-39(18-4-1)55(40-19-5-2-6-20-40,42-22-14-16-38(33-42)52-47-26-10-7-23-43(47)44-24-8-11-27-48(44)52)41-21-13-15-35(32-41)36-29-30-46-37(31-36)34-54-50-51-45-25-9-12-28-49(45)53(46)50/h1-33H,34H2. The molecule has 3 nitrogen and oxygen atoms in total. The lowest BCUT2D eigenvalue weighted by Crippen LogP contribution is -2.74. The second-order valence-electron chi connectivity index (χ2n) is 14.3. The number of fused-ring (bicyclic) bond motifs is 8. The van der Waals surface area contributed by atoms with Gasteiger partial charge in [0.25, 0.3) is 0 Å². The Balaban J connectivity index is 1.12. The van der Waals surface area contributed by atoms with E-state index in [0.717, 1.165) is 21.9 Å². The number of hydrogen-bond acceptors (Lipinski definition) is 2. The van der Waals surface area contributed by atoms with Crippen LogP contribution >= 0.6 is 11.8 Å². The summed E-state index contributed by atoms with van der Waals surface area (Å²) in [7, 11) is -2.87. The number of rotatable bonds is 6. The number of imidazole rings is 1. The topological polar surface area (TPSA) is 22.8 Å². The first kappa shape index (κ1) is 32.1. The minimum absolute atomic E-state index is 0.897. The van der Waals surface area contributed by atoms with Gasteiger partial charge in [-0.25, -0.2) is 4.98 Å². The Hall–Kier alpha value is -6.40. The molecule has 0 bridgehead atoms. The van der Waals surface area contributed by atoms with Crippen molar-refractivity contribution in [2.75, 3.05) is 0 Å². The smallest absolute Gasteiger partial charge is 0.179 e. The molecule has 2 aromatic heterocycles. The van der Waals surface area contributed by atoms with Crippen molar-refractivity contribution >= 4 is 73.4 Å². The van der Waals surface area contributed by atoms with Crippen LogP contribution in [0.25, 0.3) is 55.3 Å². The predicted octanol–water partition coefficient (Wildman–Crippen LogP) is 9.77. The largest absolute Gasteiger partial charge is 0.309 e. The Bertz CT molecular complexity index is 2960. The van der Waals surface area contributed by atoms with Crippen LogP contribution in [0.5, 0.6) is 0 Å². The number of benzene rings is 8. The minimum atomic E-state index is -2.87. The van der Waals surface area contributed by atoms with Crippen LogP contribution < -0.4 is 20.7 Å². The molecule has 0 unspecified atom stereocenters. The van der Waals surface area contributed by atoms with Crippen LogP contribution in [0.3, 0.4) is 0 Å². The summed E-state index contributed by atoms with van der Waals surface area (Å²) < 4.78 is 4.77. The summed E-state index contributed by atoms with van der Waals surface area (Å²) in [6.07, 6.45) is 0. The molecule has 0 N–H and O–H groups in total. The van der Waals surface area contributed by atoms with Crippen molar-refractivity contribution in [2.24, 2.45) is 0 Å². The lowest BCUT2D eigenvalue weighted by molar-refractivity contribution is 0.895. The Morgan fingerprint density at radius 2 is 1.00 bits per heavy atom. The van der Waals surface area contributed by atoms with Crippen LogP contribution in [0.1, 0.15) is 5.56 Å². The van der Waals surface area contributed by atoms with Gasteiger partial charge in [-0.05, 0) is 86.0 Å². The summed E-state index contributed by atoms with van der Waals surface area (Å²) in [5.41, 5.74) is 10.8. The van der Waals surface area contributed by atoms with E-state index < -0.39 is 8.07 Å². The molecule has 0 radical (unpaired) electrons. The molecule has 3 heterocycles. The van der Waals surface area contributed by atoms with Gasteiger partial charge in [0.1, 0.15) is 0 Å². The third-order valence-electron chi connectivity index (χ3n) is 11.4. The average Bonchev–Trinajstić information content (AvgIpc) is 3.81. The van der Waals surface area contributed by atoms with Gasteiger partial charge in [-0.1, -0.05) is 163 Å². The molecule has 260 valence electrons. The van der Waals surface area contributed by atoms with Gasteiger partial charge >= 0.3 is 0 Å². The van der Waals surface area contributed by atoms with Gasteiger partial charge in [-0.15, -0.1) is 0 Å². The fourth-order valence-corrected chi connectivity index (χ4v) is 14.8. The van der Waals surface area contributed by atoms with Crippen LogP contribution in [0.4, 0.5) is 0 Å². The molecule has 0 saturated carbocycles. The number of aromatic nitrogens is 3. The van der Waals surface area contributed by atoms with E-state index in [0.29, 0.717) is 0 Å². The summed E-state index contributed by atoms with van der Waals surface area (Å²) in [4.78, 5) is 4.94. The molecular formula is C50H35N3SSi. The minimum Gasteiger partial charge on any atom is -0.309 e. The second-order valence-corrected chi connectivity index (χ2v) is 19.1. The second kappa shape index (κ2) is 12.9. The molecule has 0 aliphatic carbocycles. The van der Waals surface area contributed by atoms with E-state index in [4.69, 9.17) is 4.98 Å². The summed E-state index contributed by atoms with van der Waals surface area (Å²) in [6.45, 7) is 0. The lowest BCUT2D eigenvalue weighted by Gasteiger charge is -2.35. The molecule has 0 saturated heterocycles. The zero-order valence-electron chi connectivity index (χ0n) is 30.0. The summed E-state index contributed by atoms with van der Waals surface area (Å²) in [6, 6.07) is 74.3. The molecule has 0 atom stereocenters. The molecule has 10 aromatic rings. The lowest BCUT2D eigenvalue weighted by atomic mass is 10.0. The Kier molecular flexibility index (Phi) is 7.51. The third-order valence-corrected chi connectivity index (χ3v) is 17.1. The molecule has 0 fully saturated rings. The summed E-state index contributed by atoms with van der Waals surface area (Å²) in [5.74, 6) is 0.897. The van der Waals surface area contributed by atoms with Gasteiger partial charge in [0.15, 0.2) is 13.2 Å². The van der Waals surface area contributed by atoms with E-state index in [1.54, 1.807) is 0 Å².